The van der Waals surface area contributed by atoms with Crippen molar-refractivity contribution in [2.45, 2.75) is 103 Å². The van der Waals surface area contributed by atoms with Crippen LogP contribution < -0.4 is 0 Å². The number of esters is 1. The molecule has 6 nitrogen and oxygen atoms in total. The normalized spacial score (nSPS) is 15.7. The average Bonchev–Trinajstić information content (AvgIpc) is 2.68. The van der Waals surface area contributed by atoms with E-state index in [1.165, 1.54) is 7.11 Å². The minimum Gasteiger partial charge on any atom is -0.462 e. The summed E-state index contributed by atoms with van der Waals surface area (Å²) < 4.78 is 28.1. The molecule has 160 valence electrons. The van der Waals surface area contributed by atoms with Gasteiger partial charge in [0.15, 0.2) is 16.9 Å². The van der Waals surface area contributed by atoms with Gasteiger partial charge in [-0.05, 0) is 25.7 Å². The Bertz CT molecular complexity index is 440. The van der Waals surface area contributed by atoms with E-state index in [0.29, 0.717) is 0 Å². The number of hydrogen-bond acceptors (Lipinski definition) is 6. The molecule has 0 spiro atoms. The summed E-state index contributed by atoms with van der Waals surface area (Å²) in [5, 5.41) is -1.06. The summed E-state index contributed by atoms with van der Waals surface area (Å²) in [6.45, 7) is 7.98. The molecule has 4 atom stereocenters. The van der Waals surface area contributed by atoms with Crippen molar-refractivity contribution < 1.29 is 27.5 Å². The van der Waals surface area contributed by atoms with Gasteiger partial charge in [-0.15, -0.1) is 0 Å². The molecule has 7 heteroatoms. The van der Waals surface area contributed by atoms with Crippen molar-refractivity contribution in [3.63, 3.8) is 0 Å². The van der Waals surface area contributed by atoms with E-state index in [2.05, 4.69) is 13.8 Å². The second kappa shape index (κ2) is 16.2. The molecule has 0 N–H and O–H groups in total. The van der Waals surface area contributed by atoms with E-state index >= 15 is 0 Å². The van der Waals surface area contributed by atoms with Crippen LogP contribution >= 0.6 is 0 Å². The summed E-state index contributed by atoms with van der Waals surface area (Å²) in [6, 6.07) is 0. The summed E-state index contributed by atoms with van der Waals surface area (Å²) in [4.78, 5) is 24.7. The van der Waals surface area contributed by atoms with Crippen molar-refractivity contribution in [1.82, 2.24) is 0 Å². The fourth-order valence-electron chi connectivity index (χ4n) is 2.70. The number of ketones is 1. The molecule has 0 fully saturated rings. The highest BCUT2D eigenvalue weighted by atomic mass is 32.2. The fraction of sp³-hybridized carbons (Fsp3) is 0.900. The molecule has 27 heavy (non-hydrogen) atoms. The smallest absolute Gasteiger partial charge is 0.307 e. The zero-order valence-electron chi connectivity index (χ0n) is 17.7. The second-order valence-electron chi connectivity index (χ2n) is 6.73. The van der Waals surface area contributed by atoms with Gasteiger partial charge in [-0.3, -0.25) is 13.8 Å². The molecule has 0 bridgehead atoms. The first-order valence-electron chi connectivity index (χ1n) is 10.2. The van der Waals surface area contributed by atoms with E-state index in [1.807, 2.05) is 13.8 Å². The zero-order valence-corrected chi connectivity index (χ0v) is 18.5. The molecule has 0 heterocycles. The quantitative estimate of drug-likeness (QED) is 0.338. The predicted molar refractivity (Wildman–Crippen MR) is 108 cm³/mol. The number of rotatable bonds is 17. The molecule has 0 rings (SSSR count). The number of unbranched alkanes of at least 4 members (excludes halogenated alkanes) is 2. The minimum absolute atomic E-state index is 0.00371. The first kappa shape index (κ1) is 26.2. The Balaban J connectivity index is 4.74. The lowest BCUT2D eigenvalue weighted by Crippen LogP contribution is -2.35. The van der Waals surface area contributed by atoms with Crippen molar-refractivity contribution in [3.05, 3.63) is 0 Å². The molecule has 0 aliphatic rings. The van der Waals surface area contributed by atoms with E-state index in [-0.39, 0.29) is 31.0 Å². The number of ether oxygens (including phenoxy) is 2. The first-order chi connectivity index (χ1) is 12.9. The molecular weight excluding hydrogens is 368 g/mol. The van der Waals surface area contributed by atoms with Gasteiger partial charge in [-0.25, -0.2) is 4.21 Å². The minimum atomic E-state index is -1.89. The molecule has 0 saturated carbocycles. The van der Waals surface area contributed by atoms with Crippen LogP contribution in [-0.2, 0) is 34.3 Å². The van der Waals surface area contributed by atoms with Crippen LogP contribution in [0.1, 0.15) is 85.5 Å². The Hall–Kier alpha value is -0.790. The molecule has 0 aromatic heterocycles. The van der Waals surface area contributed by atoms with Crippen LogP contribution in [0.2, 0.25) is 0 Å². The molecule has 0 amide bonds. The Morgan fingerprint density at radius 1 is 0.926 bits per heavy atom. The summed E-state index contributed by atoms with van der Waals surface area (Å²) in [5.74, 6) is -0.900. The van der Waals surface area contributed by atoms with Crippen LogP contribution in [0.3, 0.4) is 0 Å². The standard InChI is InChI=1S/C20H38O6S/c1-6-10-12-16(8-3)25-15-18(21)19(27(23)24-5)14-20(22)26-17(9-4)13-11-7-2/h16-17,19H,6-15H2,1-5H3. The summed E-state index contributed by atoms with van der Waals surface area (Å²) >= 11 is -1.89. The summed E-state index contributed by atoms with van der Waals surface area (Å²) in [7, 11) is 1.26. The highest BCUT2D eigenvalue weighted by Crippen LogP contribution is 2.14. The largest absolute Gasteiger partial charge is 0.462 e. The topological polar surface area (TPSA) is 78.9 Å². The SMILES string of the molecule is CCCCC(CC)OCC(=O)C(CC(=O)OC(CC)CCCC)S(=O)OC. The highest BCUT2D eigenvalue weighted by molar-refractivity contribution is 7.81. The number of Topliss-reactive ketones (excluding diaryl/α,β-unsaturated/α-hetero) is 1. The van der Waals surface area contributed by atoms with Crippen LogP contribution in [-0.4, -0.2) is 47.1 Å². The van der Waals surface area contributed by atoms with E-state index in [0.717, 1.165) is 51.4 Å². The molecule has 0 radical (unpaired) electrons. The molecule has 0 aliphatic carbocycles. The Morgan fingerprint density at radius 3 is 1.96 bits per heavy atom. The van der Waals surface area contributed by atoms with Crippen molar-refractivity contribution in [2.75, 3.05) is 13.7 Å². The Labute approximate surface area is 167 Å². The fourth-order valence-corrected chi connectivity index (χ4v) is 3.49. The van der Waals surface area contributed by atoms with Crippen molar-refractivity contribution in [3.8, 4) is 0 Å². The molecule has 4 unspecified atom stereocenters. The van der Waals surface area contributed by atoms with Gasteiger partial charge < -0.3 is 9.47 Å². The monoisotopic (exact) mass is 406 g/mol. The first-order valence-corrected chi connectivity index (χ1v) is 11.4. The summed E-state index contributed by atoms with van der Waals surface area (Å²) in [5.41, 5.74) is 0. The van der Waals surface area contributed by atoms with E-state index < -0.39 is 22.3 Å². The van der Waals surface area contributed by atoms with Crippen LogP contribution in [0.4, 0.5) is 0 Å². The maximum absolute atomic E-state index is 12.5. The van der Waals surface area contributed by atoms with Gasteiger partial charge in [0.1, 0.15) is 18.0 Å². The van der Waals surface area contributed by atoms with Crippen LogP contribution in [0.25, 0.3) is 0 Å². The van der Waals surface area contributed by atoms with Gasteiger partial charge in [0.05, 0.1) is 19.6 Å². The molecule has 0 aromatic carbocycles. The van der Waals surface area contributed by atoms with Crippen LogP contribution in [0, 0.1) is 0 Å². The third kappa shape index (κ3) is 11.6. The second-order valence-corrected chi connectivity index (χ2v) is 8.16. The lowest BCUT2D eigenvalue weighted by Gasteiger charge is -2.20. The van der Waals surface area contributed by atoms with Gasteiger partial charge >= 0.3 is 5.97 Å². The Morgan fingerprint density at radius 2 is 1.48 bits per heavy atom. The number of carbonyl (C=O) groups excluding carboxylic acids is 2. The number of hydrogen-bond donors (Lipinski definition) is 0. The predicted octanol–water partition coefficient (Wildman–Crippen LogP) is 4.12. The van der Waals surface area contributed by atoms with Gasteiger partial charge in [-0.1, -0.05) is 53.4 Å². The van der Waals surface area contributed by atoms with Gasteiger partial charge in [0.2, 0.25) is 0 Å². The van der Waals surface area contributed by atoms with Crippen molar-refractivity contribution in [2.24, 2.45) is 0 Å². The summed E-state index contributed by atoms with van der Waals surface area (Å²) in [6.07, 6.45) is 6.87. The number of carbonyl (C=O) groups is 2. The zero-order chi connectivity index (χ0) is 20.7. The third-order valence-electron chi connectivity index (χ3n) is 4.54. The van der Waals surface area contributed by atoms with E-state index in [1.54, 1.807) is 0 Å². The lowest BCUT2D eigenvalue weighted by atomic mass is 10.1. The van der Waals surface area contributed by atoms with Crippen LogP contribution in [0.15, 0.2) is 0 Å². The Kier molecular flexibility index (Phi) is 15.7. The molecule has 0 aromatic rings. The van der Waals surface area contributed by atoms with Crippen molar-refractivity contribution in [1.29, 1.82) is 0 Å². The van der Waals surface area contributed by atoms with E-state index in [4.69, 9.17) is 13.7 Å². The average molecular weight is 407 g/mol. The van der Waals surface area contributed by atoms with Gasteiger partial charge in [0.25, 0.3) is 0 Å². The highest BCUT2D eigenvalue weighted by Gasteiger charge is 2.30. The molecule has 0 aliphatic heterocycles. The van der Waals surface area contributed by atoms with Gasteiger partial charge in [0, 0.05) is 0 Å². The molecule has 0 saturated heterocycles. The van der Waals surface area contributed by atoms with Crippen molar-refractivity contribution >= 4 is 22.8 Å². The maximum Gasteiger partial charge on any atom is 0.307 e. The third-order valence-corrected chi connectivity index (χ3v) is 5.76. The van der Waals surface area contributed by atoms with E-state index in [9.17, 15) is 13.8 Å². The van der Waals surface area contributed by atoms with Crippen LogP contribution in [0.5, 0.6) is 0 Å². The molecular formula is C20H38O6S. The lowest BCUT2D eigenvalue weighted by molar-refractivity contribution is -0.150. The van der Waals surface area contributed by atoms with Gasteiger partial charge in [-0.2, -0.15) is 0 Å². The maximum atomic E-state index is 12.5.